The van der Waals surface area contributed by atoms with E-state index in [1.165, 1.54) is 22.7 Å². The van der Waals surface area contributed by atoms with Crippen molar-refractivity contribution >= 4 is 16.0 Å². The second kappa shape index (κ2) is 7.07. The molecule has 3 heterocycles. The molecule has 0 saturated carbocycles. The van der Waals surface area contributed by atoms with E-state index in [9.17, 15) is 13.5 Å². The smallest absolute Gasteiger partial charge is 0.281 e. The molecule has 1 aromatic carbocycles. The van der Waals surface area contributed by atoms with Crippen LogP contribution >= 0.6 is 0 Å². The van der Waals surface area contributed by atoms with Crippen LogP contribution in [0.4, 0.5) is 5.82 Å². The van der Waals surface area contributed by atoms with Gasteiger partial charge >= 0.3 is 0 Å². The van der Waals surface area contributed by atoms with Gasteiger partial charge in [0.1, 0.15) is 0 Å². The molecular formula is C19H25N5O3S. The van der Waals surface area contributed by atoms with Crippen LogP contribution in [0.25, 0.3) is 11.3 Å². The first-order chi connectivity index (χ1) is 13.4. The van der Waals surface area contributed by atoms with E-state index in [2.05, 4.69) is 15.1 Å². The standard InChI is InChI=1S/C19H25N5O3S/c1-22(2)28(26,27)24-11-16-10-23(12-19(16,13-24)14-25)18-9-8-17(20-21-18)15-6-4-3-5-7-15/h3-9,16,25H,10-14H2,1-2H3/t16-,19+/m0/s1. The number of aliphatic hydroxyl groups excluding tert-OH is 1. The van der Waals surface area contributed by atoms with Gasteiger partial charge in [0.15, 0.2) is 5.82 Å². The zero-order valence-electron chi connectivity index (χ0n) is 16.1. The molecule has 1 aromatic heterocycles. The van der Waals surface area contributed by atoms with Crippen molar-refractivity contribution in [3.05, 3.63) is 42.5 Å². The Bertz CT molecular complexity index is 936. The van der Waals surface area contributed by atoms with Gasteiger partial charge in [0.2, 0.25) is 0 Å². The summed E-state index contributed by atoms with van der Waals surface area (Å²) in [6, 6.07) is 13.8. The first-order valence-electron chi connectivity index (χ1n) is 9.28. The molecule has 2 atom stereocenters. The van der Waals surface area contributed by atoms with Crippen molar-refractivity contribution in [1.29, 1.82) is 0 Å². The Kier molecular flexibility index (Phi) is 4.86. The van der Waals surface area contributed by atoms with Crippen LogP contribution in [0.5, 0.6) is 0 Å². The van der Waals surface area contributed by atoms with Gasteiger partial charge in [0, 0.05) is 57.2 Å². The molecule has 9 heteroatoms. The fourth-order valence-corrected chi connectivity index (χ4v) is 5.44. The molecule has 4 rings (SSSR count). The molecule has 150 valence electrons. The Morgan fingerprint density at radius 2 is 1.86 bits per heavy atom. The summed E-state index contributed by atoms with van der Waals surface area (Å²) in [5, 5.41) is 18.8. The van der Waals surface area contributed by atoms with Gasteiger partial charge in [-0.25, -0.2) is 0 Å². The Morgan fingerprint density at radius 1 is 1.11 bits per heavy atom. The Morgan fingerprint density at radius 3 is 2.43 bits per heavy atom. The van der Waals surface area contributed by atoms with Crippen LogP contribution in [-0.2, 0) is 10.2 Å². The van der Waals surface area contributed by atoms with Gasteiger partial charge in [-0.15, -0.1) is 10.2 Å². The first-order valence-corrected chi connectivity index (χ1v) is 10.7. The molecule has 0 amide bonds. The third-order valence-electron chi connectivity index (χ3n) is 5.87. The van der Waals surface area contributed by atoms with Gasteiger partial charge in [-0.3, -0.25) is 0 Å². The van der Waals surface area contributed by atoms with Crippen molar-refractivity contribution in [2.24, 2.45) is 11.3 Å². The second-order valence-electron chi connectivity index (χ2n) is 7.82. The lowest BCUT2D eigenvalue weighted by atomic mass is 9.82. The molecule has 1 N–H and O–H groups in total. The van der Waals surface area contributed by atoms with Crippen molar-refractivity contribution in [3.8, 4) is 11.3 Å². The molecule has 8 nitrogen and oxygen atoms in total. The van der Waals surface area contributed by atoms with Crippen LogP contribution in [0.15, 0.2) is 42.5 Å². The van der Waals surface area contributed by atoms with Crippen LogP contribution in [0, 0.1) is 11.3 Å². The topological polar surface area (TPSA) is 89.9 Å². The Hall–Kier alpha value is -2.07. The molecule has 2 aliphatic rings. The highest BCUT2D eigenvalue weighted by Gasteiger charge is 2.55. The van der Waals surface area contributed by atoms with Gasteiger partial charge in [-0.05, 0) is 12.1 Å². The molecular weight excluding hydrogens is 378 g/mol. The average Bonchev–Trinajstić information content (AvgIpc) is 3.24. The second-order valence-corrected chi connectivity index (χ2v) is 9.97. The normalized spacial score (nSPS) is 25.4. The van der Waals surface area contributed by atoms with E-state index in [1.54, 1.807) is 0 Å². The average molecular weight is 404 g/mol. The SMILES string of the molecule is CN(C)S(=O)(=O)N1C[C@@H]2CN(c3ccc(-c4ccccc4)nn3)C[C@]2(CO)C1. The summed E-state index contributed by atoms with van der Waals surface area (Å²) in [5.74, 6) is 0.812. The molecule has 2 fully saturated rings. The van der Waals surface area contributed by atoms with Crippen LogP contribution in [0.1, 0.15) is 0 Å². The van der Waals surface area contributed by atoms with E-state index in [1.807, 2.05) is 42.5 Å². The number of hydrogen-bond donors (Lipinski definition) is 1. The number of benzene rings is 1. The molecule has 2 aromatic rings. The number of aromatic nitrogens is 2. The van der Waals surface area contributed by atoms with E-state index in [0.717, 1.165) is 17.1 Å². The van der Waals surface area contributed by atoms with Gasteiger partial charge in [-0.1, -0.05) is 30.3 Å². The van der Waals surface area contributed by atoms with E-state index < -0.39 is 15.6 Å². The minimum absolute atomic E-state index is 0.0524. The van der Waals surface area contributed by atoms with E-state index in [-0.39, 0.29) is 12.5 Å². The molecule has 0 radical (unpaired) electrons. The zero-order chi connectivity index (χ0) is 19.9. The fourth-order valence-electron chi connectivity index (χ4n) is 4.19. The molecule has 2 aliphatic heterocycles. The minimum atomic E-state index is -3.48. The molecule has 0 unspecified atom stereocenters. The number of fused-ring (bicyclic) bond motifs is 1. The lowest BCUT2D eigenvalue weighted by Crippen LogP contribution is -2.43. The van der Waals surface area contributed by atoms with Crippen LogP contribution < -0.4 is 4.90 Å². The molecule has 0 bridgehead atoms. The molecule has 28 heavy (non-hydrogen) atoms. The largest absolute Gasteiger partial charge is 0.396 e. The molecule has 0 spiro atoms. The third kappa shape index (κ3) is 3.18. The minimum Gasteiger partial charge on any atom is -0.396 e. The summed E-state index contributed by atoms with van der Waals surface area (Å²) < 4.78 is 27.7. The van der Waals surface area contributed by atoms with Gasteiger partial charge < -0.3 is 10.0 Å². The van der Waals surface area contributed by atoms with Gasteiger partial charge in [0.25, 0.3) is 10.2 Å². The highest BCUT2D eigenvalue weighted by molar-refractivity contribution is 7.86. The number of hydrogen-bond acceptors (Lipinski definition) is 6. The highest BCUT2D eigenvalue weighted by atomic mass is 32.2. The van der Waals surface area contributed by atoms with Crippen LogP contribution in [-0.4, -0.2) is 79.2 Å². The predicted octanol–water partition coefficient (Wildman–Crippen LogP) is 0.681. The summed E-state index contributed by atoms with van der Waals surface area (Å²) in [6.45, 7) is 1.89. The lowest BCUT2D eigenvalue weighted by molar-refractivity contribution is 0.131. The summed E-state index contributed by atoms with van der Waals surface area (Å²) in [5.41, 5.74) is 1.35. The summed E-state index contributed by atoms with van der Waals surface area (Å²) >= 11 is 0. The van der Waals surface area contributed by atoms with Crippen molar-refractivity contribution in [2.45, 2.75) is 0 Å². The van der Waals surface area contributed by atoms with Crippen LogP contribution in [0.2, 0.25) is 0 Å². The van der Waals surface area contributed by atoms with Crippen molar-refractivity contribution in [2.75, 3.05) is 51.8 Å². The zero-order valence-corrected chi connectivity index (χ0v) is 16.9. The van der Waals surface area contributed by atoms with Crippen molar-refractivity contribution in [1.82, 2.24) is 18.8 Å². The monoisotopic (exact) mass is 403 g/mol. The number of nitrogens with zero attached hydrogens (tertiary/aromatic N) is 5. The molecule has 2 saturated heterocycles. The fraction of sp³-hybridized carbons (Fsp3) is 0.474. The maximum Gasteiger partial charge on any atom is 0.281 e. The Labute approximate surface area is 165 Å². The maximum absolute atomic E-state index is 12.5. The number of anilines is 1. The number of aliphatic hydroxyl groups is 1. The van der Waals surface area contributed by atoms with Crippen LogP contribution in [0.3, 0.4) is 0 Å². The highest BCUT2D eigenvalue weighted by Crippen LogP contribution is 2.44. The lowest BCUT2D eigenvalue weighted by Gasteiger charge is -2.28. The number of rotatable bonds is 5. The first kappa shape index (κ1) is 19.3. The van der Waals surface area contributed by atoms with E-state index in [4.69, 9.17) is 0 Å². The predicted molar refractivity (Wildman–Crippen MR) is 107 cm³/mol. The van der Waals surface area contributed by atoms with Crippen molar-refractivity contribution < 1.29 is 13.5 Å². The van der Waals surface area contributed by atoms with E-state index in [0.29, 0.717) is 26.2 Å². The quantitative estimate of drug-likeness (QED) is 0.790. The third-order valence-corrected chi connectivity index (χ3v) is 7.73. The van der Waals surface area contributed by atoms with E-state index >= 15 is 0 Å². The Balaban J connectivity index is 1.52. The van der Waals surface area contributed by atoms with Gasteiger partial charge in [-0.2, -0.15) is 17.0 Å². The summed E-state index contributed by atoms with van der Waals surface area (Å²) in [4.78, 5) is 2.10. The summed E-state index contributed by atoms with van der Waals surface area (Å²) in [7, 11) is -0.410. The van der Waals surface area contributed by atoms with Gasteiger partial charge in [0.05, 0.1) is 12.3 Å². The van der Waals surface area contributed by atoms with Crippen molar-refractivity contribution in [3.63, 3.8) is 0 Å². The summed E-state index contributed by atoms with van der Waals surface area (Å²) in [6.07, 6.45) is 0. The molecule has 0 aliphatic carbocycles. The maximum atomic E-state index is 12.5.